The maximum atomic E-state index is 13.5. The summed E-state index contributed by atoms with van der Waals surface area (Å²) < 4.78 is 13.5. The Morgan fingerprint density at radius 2 is 1.67 bits per heavy atom. The van der Waals surface area contributed by atoms with E-state index in [1.807, 2.05) is 6.07 Å². The lowest BCUT2D eigenvalue weighted by atomic mass is 10.0. The summed E-state index contributed by atoms with van der Waals surface area (Å²) in [4.78, 5) is 0. The molecule has 0 aromatic heterocycles. The number of nitrogens with two attached hydrogens (primary N) is 1. The number of rotatable bonds is 1. The number of phenolic OH excluding ortho intramolecular Hbond substituents is 1. The second-order valence-electron chi connectivity index (χ2n) is 3.22. The zero-order chi connectivity index (χ0) is 10.8. The molecule has 2 rings (SSSR count). The SMILES string of the molecule is Nc1c(O)ccc(F)c1-c1ccccc1. The van der Waals surface area contributed by atoms with Crippen LogP contribution >= 0.6 is 0 Å². The minimum atomic E-state index is -0.434. The van der Waals surface area contributed by atoms with Crippen LogP contribution in [0, 0.1) is 5.82 Å². The van der Waals surface area contributed by atoms with E-state index in [4.69, 9.17) is 5.73 Å². The molecule has 2 nitrogen and oxygen atoms in total. The van der Waals surface area contributed by atoms with Gasteiger partial charge in [0.25, 0.3) is 0 Å². The molecule has 3 N–H and O–H groups in total. The lowest BCUT2D eigenvalue weighted by Gasteiger charge is -2.08. The Morgan fingerprint density at radius 3 is 2.33 bits per heavy atom. The van der Waals surface area contributed by atoms with E-state index in [0.29, 0.717) is 5.56 Å². The van der Waals surface area contributed by atoms with Crippen molar-refractivity contribution in [2.24, 2.45) is 0 Å². The molecule has 0 unspecified atom stereocenters. The van der Waals surface area contributed by atoms with Crippen LogP contribution in [0.25, 0.3) is 11.1 Å². The topological polar surface area (TPSA) is 46.2 Å². The maximum Gasteiger partial charge on any atom is 0.139 e. The molecule has 0 aliphatic heterocycles. The number of benzene rings is 2. The number of halogens is 1. The third-order valence-corrected chi connectivity index (χ3v) is 2.23. The van der Waals surface area contributed by atoms with Gasteiger partial charge < -0.3 is 10.8 Å². The van der Waals surface area contributed by atoms with Crippen LogP contribution in [-0.4, -0.2) is 5.11 Å². The molecule has 2 aromatic rings. The summed E-state index contributed by atoms with van der Waals surface area (Å²) in [7, 11) is 0. The summed E-state index contributed by atoms with van der Waals surface area (Å²) >= 11 is 0. The van der Waals surface area contributed by atoms with E-state index < -0.39 is 5.82 Å². The highest BCUT2D eigenvalue weighted by molar-refractivity contribution is 5.80. The number of phenols is 1. The van der Waals surface area contributed by atoms with E-state index in [0.717, 1.165) is 0 Å². The molecule has 2 aromatic carbocycles. The smallest absolute Gasteiger partial charge is 0.139 e. The fourth-order valence-corrected chi connectivity index (χ4v) is 1.48. The van der Waals surface area contributed by atoms with Crippen molar-refractivity contribution in [3.8, 4) is 16.9 Å². The predicted octanol–water partition coefficient (Wildman–Crippen LogP) is 2.78. The predicted molar refractivity (Wildman–Crippen MR) is 57.9 cm³/mol. The number of hydrogen-bond acceptors (Lipinski definition) is 2. The number of nitrogen functional groups attached to an aromatic ring is 1. The summed E-state index contributed by atoms with van der Waals surface area (Å²) in [5, 5.41) is 9.39. The summed E-state index contributed by atoms with van der Waals surface area (Å²) in [5.41, 5.74) is 6.60. The number of hydrogen-bond donors (Lipinski definition) is 2. The molecular formula is C12H10FNO. The molecule has 0 fully saturated rings. The first-order valence-electron chi connectivity index (χ1n) is 4.52. The largest absolute Gasteiger partial charge is 0.506 e. The highest BCUT2D eigenvalue weighted by Gasteiger charge is 2.11. The van der Waals surface area contributed by atoms with E-state index in [9.17, 15) is 9.50 Å². The fourth-order valence-electron chi connectivity index (χ4n) is 1.48. The molecule has 76 valence electrons. The molecule has 15 heavy (non-hydrogen) atoms. The first-order valence-corrected chi connectivity index (χ1v) is 4.52. The molecule has 0 aliphatic rings. The monoisotopic (exact) mass is 203 g/mol. The minimum Gasteiger partial charge on any atom is -0.506 e. The molecule has 0 amide bonds. The Bertz CT molecular complexity index is 482. The Hall–Kier alpha value is -2.03. The van der Waals surface area contributed by atoms with Crippen LogP contribution in [0.5, 0.6) is 5.75 Å². The molecule has 0 saturated heterocycles. The van der Waals surface area contributed by atoms with E-state index in [1.165, 1.54) is 12.1 Å². The first kappa shape index (κ1) is 9.52. The quantitative estimate of drug-likeness (QED) is 0.553. The van der Waals surface area contributed by atoms with Gasteiger partial charge in [-0.25, -0.2) is 4.39 Å². The number of aromatic hydroxyl groups is 1. The lowest BCUT2D eigenvalue weighted by molar-refractivity contribution is 0.476. The van der Waals surface area contributed by atoms with Crippen molar-refractivity contribution in [2.45, 2.75) is 0 Å². The standard InChI is InChI=1S/C12H10FNO/c13-9-6-7-10(15)12(14)11(9)8-4-2-1-3-5-8/h1-7,15H,14H2. The van der Waals surface area contributed by atoms with Gasteiger partial charge in [0.1, 0.15) is 11.6 Å². The normalized spacial score (nSPS) is 10.2. The van der Waals surface area contributed by atoms with Crippen LogP contribution < -0.4 is 5.73 Å². The van der Waals surface area contributed by atoms with Gasteiger partial charge in [0, 0.05) is 5.56 Å². The van der Waals surface area contributed by atoms with Gasteiger partial charge in [0.2, 0.25) is 0 Å². The second-order valence-corrected chi connectivity index (χ2v) is 3.22. The average Bonchev–Trinajstić information content (AvgIpc) is 2.26. The molecule has 0 spiro atoms. The minimum absolute atomic E-state index is 0.0706. The Labute approximate surface area is 86.8 Å². The highest BCUT2D eigenvalue weighted by Crippen LogP contribution is 2.34. The molecule has 0 radical (unpaired) electrons. The molecule has 0 heterocycles. The lowest BCUT2D eigenvalue weighted by Crippen LogP contribution is -1.94. The van der Waals surface area contributed by atoms with Gasteiger partial charge >= 0.3 is 0 Å². The van der Waals surface area contributed by atoms with Crippen molar-refractivity contribution in [3.63, 3.8) is 0 Å². The molecule has 0 bridgehead atoms. The molecule has 0 saturated carbocycles. The van der Waals surface area contributed by atoms with Crippen LogP contribution in [0.3, 0.4) is 0 Å². The summed E-state index contributed by atoms with van der Waals surface area (Å²) in [5.74, 6) is -0.535. The van der Waals surface area contributed by atoms with Gasteiger partial charge in [-0.15, -0.1) is 0 Å². The fraction of sp³-hybridized carbons (Fsp3) is 0. The molecule has 0 aliphatic carbocycles. The zero-order valence-corrected chi connectivity index (χ0v) is 7.94. The van der Waals surface area contributed by atoms with Crippen LogP contribution in [0.15, 0.2) is 42.5 Å². The van der Waals surface area contributed by atoms with Crippen molar-refractivity contribution in [1.82, 2.24) is 0 Å². The average molecular weight is 203 g/mol. The summed E-state index contributed by atoms with van der Waals surface area (Å²) in [6.07, 6.45) is 0. The number of anilines is 1. The summed E-state index contributed by atoms with van der Waals surface area (Å²) in [6.45, 7) is 0. The zero-order valence-electron chi connectivity index (χ0n) is 7.94. The van der Waals surface area contributed by atoms with Gasteiger partial charge in [-0.2, -0.15) is 0 Å². The van der Waals surface area contributed by atoms with Crippen LogP contribution in [0.4, 0.5) is 10.1 Å². The third-order valence-electron chi connectivity index (χ3n) is 2.23. The molecule has 3 heteroatoms. The van der Waals surface area contributed by atoms with E-state index in [1.54, 1.807) is 24.3 Å². The molecular weight excluding hydrogens is 193 g/mol. The van der Waals surface area contributed by atoms with E-state index in [-0.39, 0.29) is 17.0 Å². The van der Waals surface area contributed by atoms with Gasteiger partial charge in [0.15, 0.2) is 0 Å². The van der Waals surface area contributed by atoms with Crippen molar-refractivity contribution in [3.05, 3.63) is 48.3 Å². The van der Waals surface area contributed by atoms with Gasteiger partial charge in [0.05, 0.1) is 5.69 Å². The highest BCUT2D eigenvalue weighted by atomic mass is 19.1. The Balaban J connectivity index is 2.68. The van der Waals surface area contributed by atoms with E-state index >= 15 is 0 Å². The van der Waals surface area contributed by atoms with Crippen molar-refractivity contribution >= 4 is 5.69 Å². The Kier molecular flexibility index (Phi) is 2.29. The van der Waals surface area contributed by atoms with Crippen molar-refractivity contribution in [1.29, 1.82) is 0 Å². The van der Waals surface area contributed by atoms with Crippen molar-refractivity contribution in [2.75, 3.05) is 5.73 Å². The first-order chi connectivity index (χ1) is 7.20. The molecule has 0 atom stereocenters. The maximum absolute atomic E-state index is 13.5. The van der Waals surface area contributed by atoms with Crippen LogP contribution in [0.1, 0.15) is 0 Å². The van der Waals surface area contributed by atoms with Gasteiger partial charge in [-0.1, -0.05) is 30.3 Å². The Morgan fingerprint density at radius 1 is 1.00 bits per heavy atom. The van der Waals surface area contributed by atoms with Gasteiger partial charge in [-0.05, 0) is 17.7 Å². The van der Waals surface area contributed by atoms with Crippen LogP contribution in [0.2, 0.25) is 0 Å². The van der Waals surface area contributed by atoms with Gasteiger partial charge in [-0.3, -0.25) is 0 Å². The van der Waals surface area contributed by atoms with Crippen LogP contribution in [-0.2, 0) is 0 Å². The van der Waals surface area contributed by atoms with Crippen molar-refractivity contribution < 1.29 is 9.50 Å². The van der Waals surface area contributed by atoms with E-state index in [2.05, 4.69) is 0 Å². The second kappa shape index (κ2) is 3.61. The third kappa shape index (κ3) is 1.64. The summed E-state index contributed by atoms with van der Waals surface area (Å²) in [6, 6.07) is 11.4.